The third-order valence-corrected chi connectivity index (χ3v) is 3.87. The first-order chi connectivity index (χ1) is 10.2. The molecule has 0 saturated heterocycles. The lowest BCUT2D eigenvalue weighted by atomic mass is 10.0. The summed E-state index contributed by atoms with van der Waals surface area (Å²) in [6.07, 6.45) is 3.22. The van der Waals surface area contributed by atoms with Gasteiger partial charge in [0.15, 0.2) is 0 Å². The van der Waals surface area contributed by atoms with Gasteiger partial charge in [-0.2, -0.15) is 0 Å². The fraction of sp³-hybridized carbons (Fsp3) is 0.368. The summed E-state index contributed by atoms with van der Waals surface area (Å²) in [6.45, 7) is 5.09. The van der Waals surface area contributed by atoms with Crippen LogP contribution in [0.3, 0.4) is 0 Å². The zero-order valence-electron chi connectivity index (χ0n) is 12.9. The van der Waals surface area contributed by atoms with Crippen LogP contribution >= 0.6 is 0 Å². The maximum atomic E-state index is 13.1. The van der Waals surface area contributed by atoms with Gasteiger partial charge >= 0.3 is 0 Å². The highest BCUT2D eigenvalue weighted by Crippen LogP contribution is 2.18. The molecule has 2 heteroatoms. The van der Waals surface area contributed by atoms with Crippen molar-refractivity contribution in [2.45, 2.75) is 39.2 Å². The van der Waals surface area contributed by atoms with Crippen LogP contribution in [-0.2, 0) is 6.42 Å². The summed E-state index contributed by atoms with van der Waals surface area (Å²) in [7, 11) is 0. The molecule has 0 aliphatic heterocycles. The van der Waals surface area contributed by atoms with Gasteiger partial charge in [0, 0.05) is 6.04 Å². The molecule has 0 aliphatic rings. The van der Waals surface area contributed by atoms with E-state index in [1.165, 1.54) is 11.1 Å². The number of rotatable bonds is 7. The third-order valence-electron chi connectivity index (χ3n) is 3.87. The summed E-state index contributed by atoms with van der Waals surface area (Å²) < 4.78 is 13.1. The molecule has 0 heterocycles. The summed E-state index contributed by atoms with van der Waals surface area (Å²) in [5, 5.41) is 3.63. The molecule has 21 heavy (non-hydrogen) atoms. The summed E-state index contributed by atoms with van der Waals surface area (Å²) >= 11 is 0. The zero-order chi connectivity index (χ0) is 15.1. The largest absolute Gasteiger partial charge is 0.310 e. The molecule has 1 atom stereocenters. The highest BCUT2D eigenvalue weighted by Gasteiger charge is 2.09. The smallest absolute Gasteiger partial charge is 0.123 e. The summed E-state index contributed by atoms with van der Waals surface area (Å²) in [6, 6.07) is 16.0. The monoisotopic (exact) mass is 285 g/mol. The lowest BCUT2D eigenvalue weighted by Crippen LogP contribution is -2.23. The molecule has 0 spiro atoms. The van der Waals surface area contributed by atoms with Gasteiger partial charge in [-0.05, 0) is 55.1 Å². The molecule has 112 valence electrons. The fourth-order valence-corrected chi connectivity index (χ4v) is 2.68. The van der Waals surface area contributed by atoms with Gasteiger partial charge in [-0.1, -0.05) is 49.7 Å². The van der Waals surface area contributed by atoms with Crippen molar-refractivity contribution in [1.82, 2.24) is 5.32 Å². The Labute approximate surface area is 127 Å². The van der Waals surface area contributed by atoms with Crippen LogP contribution in [0.5, 0.6) is 0 Å². The van der Waals surface area contributed by atoms with E-state index in [1.54, 1.807) is 12.1 Å². The average Bonchev–Trinajstić information content (AvgIpc) is 2.49. The van der Waals surface area contributed by atoms with Crippen LogP contribution in [0.2, 0.25) is 0 Å². The van der Waals surface area contributed by atoms with E-state index in [9.17, 15) is 4.39 Å². The minimum absolute atomic E-state index is 0.155. The van der Waals surface area contributed by atoms with Gasteiger partial charge < -0.3 is 5.32 Å². The molecular formula is C19H24FN. The Hall–Kier alpha value is -1.67. The van der Waals surface area contributed by atoms with E-state index in [0.29, 0.717) is 6.04 Å². The van der Waals surface area contributed by atoms with E-state index in [4.69, 9.17) is 0 Å². The maximum absolute atomic E-state index is 13.1. The van der Waals surface area contributed by atoms with Gasteiger partial charge in [0.2, 0.25) is 0 Å². The number of hydrogen-bond donors (Lipinski definition) is 1. The molecule has 0 saturated carbocycles. The van der Waals surface area contributed by atoms with Crippen molar-refractivity contribution in [1.29, 1.82) is 0 Å². The molecule has 2 rings (SSSR count). The van der Waals surface area contributed by atoms with Crippen LogP contribution < -0.4 is 5.32 Å². The highest BCUT2D eigenvalue weighted by atomic mass is 19.1. The molecule has 1 nitrogen and oxygen atoms in total. The first-order valence-corrected chi connectivity index (χ1v) is 7.74. The number of benzene rings is 2. The molecule has 2 aromatic rings. The Bertz CT molecular complexity index is 551. The second-order valence-corrected chi connectivity index (χ2v) is 5.53. The summed E-state index contributed by atoms with van der Waals surface area (Å²) in [5.74, 6) is -0.155. The molecular weight excluding hydrogens is 261 g/mol. The fourth-order valence-electron chi connectivity index (χ4n) is 2.68. The van der Waals surface area contributed by atoms with E-state index in [1.807, 2.05) is 19.1 Å². The van der Waals surface area contributed by atoms with Crippen molar-refractivity contribution < 1.29 is 4.39 Å². The van der Waals surface area contributed by atoms with E-state index in [-0.39, 0.29) is 5.82 Å². The predicted octanol–water partition coefficient (Wildman–Crippen LogP) is 4.81. The lowest BCUT2D eigenvalue weighted by Gasteiger charge is -2.19. The van der Waals surface area contributed by atoms with Crippen molar-refractivity contribution >= 4 is 0 Å². The number of aryl methyl sites for hydroxylation is 1. The molecule has 0 aliphatic carbocycles. The Morgan fingerprint density at radius 1 is 1.10 bits per heavy atom. The quantitative estimate of drug-likeness (QED) is 0.770. The van der Waals surface area contributed by atoms with Crippen LogP contribution in [-0.4, -0.2) is 6.54 Å². The zero-order valence-corrected chi connectivity index (χ0v) is 12.9. The maximum Gasteiger partial charge on any atom is 0.123 e. The predicted molar refractivity (Wildman–Crippen MR) is 86.9 cm³/mol. The van der Waals surface area contributed by atoms with Gasteiger partial charge in [-0.25, -0.2) is 4.39 Å². The van der Waals surface area contributed by atoms with Crippen molar-refractivity contribution in [2.24, 2.45) is 0 Å². The van der Waals surface area contributed by atoms with Crippen LogP contribution in [0, 0.1) is 12.7 Å². The molecule has 0 radical (unpaired) electrons. The SMILES string of the molecule is CCCC(NCCc1ccc(F)cc1C)c1ccccc1. The van der Waals surface area contributed by atoms with E-state index < -0.39 is 0 Å². The van der Waals surface area contributed by atoms with E-state index >= 15 is 0 Å². The first kappa shape index (κ1) is 15.7. The average molecular weight is 285 g/mol. The van der Waals surface area contributed by atoms with E-state index in [0.717, 1.165) is 31.4 Å². The normalized spacial score (nSPS) is 12.3. The molecule has 1 N–H and O–H groups in total. The second-order valence-electron chi connectivity index (χ2n) is 5.53. The van der Waals surface area contributed by atoms with Gasteiger partial charge in [-0.15, -0.1) is 0 Å². The minimum Gasteiger partial charge on any atom is -0.310 e. The molecule has 0 bridgehead atoms. The van der Waals surface area contributed by atoms with Crippen LogP contribution in [0.1, 0.15) is 42.5 Å². The summed E-state index contributed by atoms with van der Waals surface area (Å²) in [5.41, 5.74) is 3.59. The minimum atomic E-state index is -0.155. The van der Waals surface area contributed by atoms with Gasteiger partial charge in [0.05, 0.1) is 0 Å². The number of hydrogen-bond acceptors (Lipinski definition) is 1. The molecule has 2 aromatic carbocycles. The molecule has 0 aromatic heterocycles. The van der Waals surface area contributed by atoms with Crippen molar-refractivity contribution in [3.63, 3.8) is 0 Å². The van der Waals surface area contributed by atoms with Crippen LogP contribution in [0.4, 0.5) is 4.39 Å². The third kappa shape index (κ3) is 4.68. The Morgan fingerprint density at radius 2 is 1.86 bits per heavy atom. The van der Waals surface area contributed by atoms with Crippen molar-refractivity contribution in [2.75, 3.05) is 6.54 Å². The molecule has 1 unspecified atom stereocenters. The van der Waals surface area contributed by atoms with Crippen molar-refractivity contribution in [3.05, 3.63) is 71.0 Å². The number of nitrogens with one attached hydrogen (secondary N) is 1. The first-order valence-electron chi connectivity index (χ1n) is 7.74. The standard InChI is InChI=1S/C19H24FN/c1-3-7-19(17-8-5-4-6-9-17)21-13-12-16-10-11-18(20)14-15(16)2/h4-6,8-11,14,19,21H,3,7,12-13H2,1-2H3. The molecule has 0 fully saturated rings. The van der Waals surface area contributed by atoms with Crippen LogP contribution in [0.25, 0.3) is 0 Å². The Morgan fingerprint density at radius 3 is 2.52 bits per heavy atom. The second kappa shape index (κ2) is 7.94. The topological polar surface area (TPSA) is 12.0 Å². The van der Waals surface area contributed by atoms with Gasteiger partial charge in [0.25, 0.3) is 0 Å². The molecule has 0 amide bonds. The number of halogens is 1. The Kier molecular flexibility index (Phi) is 5.94. The van der Waals surface area contributed by atoms with Crippen LogP contribution in [0.15, 0.2) is 48.5 Å². The van der Waals surface area contributed by atoms with E-state index in [2.05, 4.69) is 36.5 Å². The summed E-state index contributed by atoms with van der Waals surface area (Å²) in [4.78, 5) is 0. The van der Waals surface area contributed by atoms with Crippen molar-refractivity contribution in [3.8, 4) is 0 Å². The van der Waals surface area contributed by atoms with Gasteiger partial charge in [-0.3, -0.25) is 0 Å². The van der Waals surface area contributed by atoms with Gasteiger partial charge in [0.1, 0.15) is 5.82 Å². The lowest BCUT2D eigenvalue weighted by molar-refractivity contribution is 0.497. The highest BCUT2D eigenvalue weighted by molar-refractivity contribution is 5.27. The Balaban J connectivity index is 1.93.